The molecule has 0 saturated carbocycles. The van der Waals surface area contributed by atoms with Gasteiger partial charge in [0.05, 0.1) is 5.69 Å². The van der Waals surface area contributed by atoms with Crippen molar-refractivity contribution in [1.82, 2.24) is 10.3 Å². The first-order chi connectivity index (χ1) is 10.7. The zero-order valence-electron chi connectivity index (χ0n) is 12.2. The maximum Gasteiger partial charge on any atom is 0.269 e. The number of rotatable bonds is 7. The molecule has 2 rings (SSSR count). The minimum atomic E-state index is -0.256. The Hall–Kier alpha value is -2.53. The maximum absolute atomic E-state index is 11.8. The fourth-order valence-electron chi connectivity index (χ4n) is 1.84. The fraction of sp³-hybridized carbons (Fsp3) is 0.118. The van der Waals surface area contributed by atoms with Gasteiger partial charge in [-0.1, -0.05) is 43.0 Å². The van der Waals surface area contributed by atoms with Crippen LogP contribution >= 0.6 is 11.3 Å². The van der Waals surface area contributed by atoms with Crippen molar-refractivity contribution >= 4 is 24.0 Å². The molecule has 0 aliphatic heterocycles. The fourth-order valence-corrected chi connectivity index (χ4v) is 2.70. The molecule has 4 nitrogen and oxygen atoms in total. The highest BCUT2D eigenvalue weighted by atomic mass is 32.1. The molecule has 0 unspecified atom stereocenters. The number of carbonyl (C=O) groups excluding carboxylic acids is 1. The first kappa shape index (κ1) is 15.9. The molecule has 0 aliphatic carbocycles. The van der Waals surface area contributed by atoms with E-state index in [0.29, 0.717) is 13.0 Å². The summed E-state index contributed by atoms with van der Waals surface area (Å²) in [5, 5.41) is 5.79. The van der Waals surface area contributed by atoms with Crippen LogP contribution in [0.15, 0.2) is 65.1 Å². The second-order valence-corrected chi connectivity index (χ2v) is 5.32. The summed E-state index contributed by atoms with van der Waals surface area (Å²) in [6.07, 6.45) is 3.71. The number of nitrogens with zero attached hydrogens (tertiary/aromatic N) is 2. The molecule has 1 amide bonds. The number of amides is 1. The molecule has 0 atom stereocenters. The smallest absolute Gasteiger partial charge is 0.269 e. The van der Waals surface area contributed by atoms with Gasteiger partial charge >= 0.3 is 0 Å². The Kier molecular flexibility index (Phi) is 5.80. The van der Waals surface area contributed by atoms with Crippen LogP contribution in [-0.4, -0.2) is 24.2 Å². The molecule has 2 aromatic rings. The molecule has 112 valence electrons. The van der Waals surface area contributed by atoms with Crippen LogP contribution in [-0.2, 0) is 11.2 Å². The Labute approximate surface area is 133 Å². The quantitative estimate of drug-likeness (QED) is 0.485. The van der Waals surface area contributed by atoms with Gasteiger partial charge in [-0.05, 0) is 12.8 Å². The molecular weight excluding hydrogens is 294 g/mol. The zero-order chi connectivity index (χ0) is 15.8. The van der Waals surface area contributed by atoms with Crippen molar-refractivity contribution in [1.29, 1.82) is 0 Å². The van der Waals surface area contributed by atoms with Gasteiger partial charge in [0, 0.05) is 23.9 Å². The summed E-state index contributed by atoms with van der Waals surface area (Å²) in [6, 6.07) is 10.0. The van der Waals surface area contributed by atoms with Gasteiger partial charge in [-0.3, -0.25) is 9.79 Å². The Balaban J connectivity index is 1.89. The van der Waals surface area contributed by atoms with Crippen LogP contribution in [0.2, 0.25) is 0 Å². The van der Waals surface area contributed by atoms with E-state index in [1.807, 2.05) is 35.7 Å². The molecule has 0 radical (unpaired) electrons. The van der Waals surface area contributed by atoms with E-state index in [4.69, 9.17) is 0 Å². The van der Waals surface area contributed by atoms with Crippen LogP contribution < -0.4 is 5.32 Å². The second kappa shape index (κ2) is 8.05. The van der Waals surface area contributed by atoms with E-state index in [1.54, 1.807) is 11.3 Å². The van der Waals surface area contributed by atoms with E-state index in [0.717, 1.165) is 16.3 Å². The lowest BCUT2D eigenvalue weighted by atomic mass is 10.2. The highest BCUT2D eigenvalue weighted by Crippen LogP contribution is 2.23. The molecule has 1 aromatic heterocycles. The van der Waals surface area contributed by atoms with Gasteiger partial charge in [0.15, 0.2) is 0 Å². The Bertz CT molecular complexity index is 689. The van der Waals surface area contributed by atoms with E-state index < -0.39 is 0 Å². The number of nitrogens with one attached hydrogen (secondary N) is 1. The van der Waals surface area contributed by atoms with Gasteiger partial charge in [-0.25, -0.2) is 4.98 Å². The van der Waals surface area contributed by atoms with Gasteiger partial charge in [-0.2, -0.15) is 0 Å². The predicted octanol–water partition coefficient (Wildman–Crippen LogP) is 3.24. The van der Waals surface area contributed by atoms with Gasteiger partial charge in [0.2, 0.25) is 0 Å². The number of aromatic nitrogens is 1. The van der Waals surface area contributed by atoms with Crippen LogP contribution in [0.5, 0.6) is 0 Å². The Morgan fingerprint density at radius 3 is 2.82 bits per heavy atom. The molecule has 1 N–H and O–H groups in total. The third kappa shape index (κ3) is 4.23. The summed E-state index contributed by atoms with van der Waals surface area (Å²) in [5.41, 5.74) is 2.33. The summed E-state index contributed by atoms with van der Waals surface area (Å²) in [7, 11) is 0. The third-order valence-corrected chi connectivity index (χ3v) is 3.86. The molecule has 1 aromatic carbocycles. The van der Waals surface area contributed by atoms with Crippen LogP contribution in [0, 0.1) is 0 Å². The van der Waals surface area contributed by atoms with Crippen LogP contribution in [0.1, 0.15) is 5.69 Å². The summed E-state index contributed by atoms with van der Waals surface area (Å²) in [6.45, 7) is 7.40. The van der Waals surface area contributed by atoms with E-state index in [-0.39, 0.29) is 11.6 Å². The Morgan fingerprint density at radius 1 is 1.36 bits per heavy atom. The number of carbonyl (C=O) groups is 1. The van der Waals surface area contributed by atoms with E-state index in [1.165, 1.54) is 12.2 Å². The molecular formula is C17H17N3OS. The molecule has 0 spiro atoms. The van der Waals surface area contributed by atoms with E-state index in [2.05, 4.69) is 28.6 Å². The lowest BCUT2D eigenvalue weighted by Crippen LogP contribution is -2.26. The third-order valence-electron chi connectivity index (χ3n) is 2.92. The highest BCUT2D eigenvalue weighted by molar-refractivity contribution is 7.13. The number of thiazole rings is 1. The molecule has 0 aliphatic rings. The predicted molar refractivity (Wildman–Crippen MR) is 92.1 cm³/mol. The van der Waals surface area contributed by atoms with Crippen molar-refractivity contribution in [3.63, 3.8) is 0 Å². The molecule has 22 heavy (non-hydrogen) atoms. The molecule has 0 fully saturated rings. The van der Waals surface area contributed by atoms with Gasteiger partial charge in [-0.15, -0.1) is 11.3 Å². The molecule has 1 heterocycles. The summed E-state index contributed by atoms with van der Waals surface area (Å²) >= 11 is 1.60. The van der Waals surface area contributed by atoms with Crippen LogP contribution in [0.3, 0.4) is 0 Å². The molecule has 0 bridgehead atoms. The number of hydrogen-bond donors (Lipinski definition) is 1. The normalized spacial score (nSPS) is 11.0. The second-order valence-electron chi connectivity index (χ2n) is 4.46. The SMILES string of the molecule is C=C/C=C(\N=C)C(=O)NCCc1csc(-c2ccccc2)n1. The average molecular weight is 311 g/mol. The van der Waals surface area contributed by atoms with Crippen molar-refractivity contribution in [2.75, 3.05) is 6.54 Å². The van der Waals surface area contributed by atoms with E-state index >= 15 is 0 Å². The zero-order valence-corrected chi connectivity index (χ0v) is 13.0. The van der Waals surface area contributed by atoms with Crippen LogP contribution in [0.4, 0.5) is 0 Å². The number of hydrogen-bond acceptors (Lipinski definition) is 4. The summed E-state index contributed by atoms with van der Waals surface area (Å²) in [5.74, 6) is -0.256. The Morgan fingerprint density at radius 2 is 2.14 bits per heavy atom. The van der Waals surface area contributed by atoms with Gasteiger partial charge in [0.25, 0.3) is 5.91 Å². The van der Waals surface area contributed by atoms with Crippen LogP contribution in [0.25, 0.3) is 10.6 Å². The minimum Gasteiger partial charge on any atom is -0.350 e. The van der Waals surface area contributed by atoms with Gasteiger partial charge in [0.1, 0.15) is 10.7 Å². The topological polar surface area (TPSA) is 54.4 Å². The largest absolute Gasteiger partial charge is 0.350 e. The molecule has 0 saturated heterocycles. The highest BCUT2D eigenvalue weighted by Gasteiger charge is 2.07. The van der Waals surface area contributed by atoms with Crippen molar-refractivity contribution in [3.8, 4) is 10.6 Å². The average Bonchev–Trinajstić information content (AvgIpc) is 3.02. The number of aliphatic imine (C=N–C) groups is 1. The van der Waals surface area contributed by atoms with Gasteiger partial charge < -0.3 is 5.32 Å². The number of allylic oxidation sites excluding steroid dienone is 2. The van der Waals surface area contributed by atoms with Crippen molar-refractivity contribution in [2.45, 2.75) is 6.42 Å². The van der Waals surface area contributed by atoms with Crippen molar-refractivity contribution in [2.24, 2.45) is 4.99 Å². The first-order valence-electron chi connectivity index (χ1n) is 6.82. The molecule has 5 heteroatoms. The monoisotopic (exact) mass is 311 g/mol. The van der Waals surface area contributed by atoms with Crippen molar-refractivity contribution < 1.29 is 4.79 Å². The lowest BCUT2D eigenvalue weighted by molar-refractivity contribution is -0.117. The van der Waals surface area contributed by atoms with Crippen molar-refractivity contribution in [3.05, 3.63) is 65.8 Å². The first-order valence-corrected chi connectivity index (χ1v) is 7.70. The summed E-state index contributed by atoms with van der Waals surface area (Å²) < 4.78 is 0. The lowest BCUT2D eigenvalue weighted by Gasteiger charge is -2.03. The van der Waals surface area contributed by atoms with E-state index in [9.17, 15) is 4.79 Å². The number of benzene rings is 1. The minimum absolute atomic E-state index is 0.256. The maximum atomic E-state index is 11.8. The standard InChI is InChI=1S/C17H17N3OS/c1-3-7-15(18-2)16(21)19-11-10-14-12-22-17(20-14)13-8-5-4-6-9-13/h3-9,12H,1-2,10-11H2,(H,19,21)/b15-7-. The summed E-state index contributed by atoms with van der Waals surface area (Å²) in [4.78, 5) is 20.0.